The maximum Gasteiger partial charge on any atom is 0.375 e. The van der Waals surface area contributed by atoms with Gasteiger partial charge in [0, 0.05) is 5.92 Å². The minimum Gasteiger partial charge on any atom is -0.456 e. The summed E-state index contributed by atoms with van der Waals surface area (Å²) in [6.45, 7) is 8.59. The molecule has 3 nitrogen and oxygen atoms in total. The molecule has 1 saturated carbocycles. The Bertz CT molecular complexity index is 434. The van der Waals surface area contributed by atoms with Crippen molar-refractivity contribution in [2.75, 3.05) is 6.61 Å². The van der Waals surface area contributed by atoms with Gasteiger partial charge in [0.05, 0.1) is 0 Å². The van der Waals surface area contributed by atoms with Crippen molar-refractivity contribution >= 4 is 11.8 Å². The van der Waals surface area contributed by atoms with Crippen molar-refractivity contribution in [3.63, 3.8) is 0 Å². The van der Waals surface area contributed by atoms with E-state index >= 15 is 0 Å². The summed E-state index contributed by atoms with van der Waals surface area (Å²) < 4.78 is 5.10. The predicted octanol–water partition coefficient (Wildman–Crippen LogP) is 4.62. The molecule has 0 saturated heterocycles. The Hall–Kier alpha value is -1.38. The fraction of sp³-hybridized carbons (Fsp3) is 0.684. The van der Waals surface area contributed by atoms with Gasteiger partial charge in [0.1, 0.15) is 6.61 Å². The average Bonchev–Trinajstić information content (AvgIpc) is 2.46. The Morgan fingerprint density at radius 3 is 2.27 bits per heavy atom. The van der Waals surface area contributed by atoms with Crippen LogP contribution in [0.15, 0.2) is 23.3 Å². The molecule has 0 heterocycles. The second-order valence-electron chi connectivity index (χ2n) is 6.79. The number of ketones is 1. The maximum atomic E-state index is 12.0. The molecule has 22 heavy (non-hydrogen) atoms. The lowest BCUT2D eigenvalue weighted by molar-refractivity contribution is -0.155. The number of carbonyl (C=O) groups excluding carboxylic acids is 2. The summed E-state index contributed by atoms with van der Waals surface area (Å²) in [7, 11) is 0. The summed E-state index contributed by atoms with van der Waals surface area (Å²) in [4.78, 5) is 23.8. The van der Waals surface area contributed by atoms with Crippen molar-refractivity contribution in [3.05, 3.63) is 23.3 Å². The second kappa shape index (κ2) is 9.60. The zero-order chi connectivity index (χ0) is 16.5. The Morgan fingerprint density at radius 2 is 1.68 bits per heavy atom. The molecule has 0 bridgehead atoms. The van der Waals surface area contributed by atoms with Crippen molar-refractivity contribution in [3.8, 4) is 0 Å². The average molecular weight is 306 g/mol. The first-order chi connectivity index (χ1) is 10.4. The number of esters is 1. The Morgan fingerprint density at radius 1 is 1.05 bits per heavy atom. The third-order valence-corrected chi connectivity index (χ3v) is 4.33. The van der Waals surface area contributed by atoms with Gasteiger partial charge >= 0.3 is 5.97 Å². The first kappa shape index (κ1) is 18.7. The highest BCUT2D eigenvalue weighted by atomic mass is 16.5. The van der Waals surface area contributed by atoms with Crippen LogP contribution in [0.1, 0.15) is 66.2 Å². The maximum absolute atomic E-state index is 12.0. The molecule has 1 aliphatic rings. The third-order valence-electron chi connectivity index (χ3n) is 4.33. The lowest BCUT2D eigenvalue weighted by Crippen LogP contribution is -2.29. The van der Waals surface area contributed by atoms with E-state index in [0.29, 0.717) is 5.92 Å². The van der Waals surface area contributed by atoms with E-state index in [-0.39, 0.29) is 18.3 Å². The zero-order valence-electron chi connectivity index (χ0n) is 14.5. The van der Waals surface area contributed by atoms with Crippen molar-refractivity contribution < 1.29 is 14.3 Å². The van der Waals surface area contributed by atoms with Crippen LogP contribution < -0.4 is 0 Å². The molecule has 3 heteroatoms. The van der Waals surface area contributed by atoms with Crippen LogP contribution in [-0.4, -0.2) is 18.4 Å². The molecule has 0 aromatic heterocycles. The van der Waals surface area contributed by atoms with Crippen LogP contribution in [0, 0.1) is 11.8 Å². The van der Waals surface area contributed by atoms with Crippen molar-refractivity contribution in [2.45, 2.75) is 66.2 Å². The highest BCUT2D eigenvalue weighted by Gasteiger charge is 2.29. The largest absolute Gasteiger partial charge is 0.456 e. The van der Waals surface area contributed by atoms with Crippen LogP contribution in [0.3, 0.4) is 0 Å². The molecule has 0 unspecified atom stereocenters. The van der Waals surface area contributed by atoms with Gasteiger partial charge in [0.25, 0.3) is 0 Å². The topological polar surface area (TPSA) is 43.4 Å². The van der Waals surface area contributed by atoms with Crippen molar-refractivity contribution in [1.29, 1.82) is 0 Å². The molecule has 1 rings (SSSR count). The number of ether oxygens (including phenoxy) is 1. The number of Topliss-reactive ketones (excluding diaryl/α,β-unsaturated/α-hetero) is 1. The predicted molar refractivity (Wildman–Crippen MR) is 89.5 cm³/mol. The van der Waals surface area contributed by atoms with Gasteiger partial charge in [-0.25, -0.2) is 4.79 Å². The normalized spacial score (nSPS) is 22.1. The van der Waals surface area contributed by atoms with Gasteiger partial charge in [-0.05, 0) is 58.4 Å². The van der Waals surface area contributed by atoms with Crippen molar-refractivity contribution in [1.82, 2.24) is 0 Å². The van der Waals surface area contributed by atoms with Crippen LogP contribution in [0.25, 0.3) is 0 Å². The van der Waals surface area contributed by atoms with Gasteiger partial charge in [0.2, 0.25) is 5.78 Å². The number of allylic oxidation sites excluding steroid dienone is 3. The molecular formula is C19H30O3. The molecule has 0 atom stereocenters. The zero-order valence-corrected chi connectivity index (χ0v) is 14.5. The van der Waals surface area contributed by atoms with E-state index in [1.807, 2.05) is 13.0 Å². The minimum absolute atomic E-state index is 0.119. The highest BCUT2D eigenvalue weighted by molar-refractivity contribution is 6.34. The first-order valence-electron chi connectivity index (χ1n) is 8.40. The Labute approximate surface area is 134 Å². The van der Waals surface area contributed by atoms with Gasteiger partial charge in [-0.2, -0.15) is 0 Å². The first-order valence-corrected chi connectivity index (χ1v) is 8.40. The molecule has 0 aliphatic heterocycles. The summed E-state index contributed by atoms with van der Waals surface area (Å²) in [5.41, 5.74) is 2.50. The standard InChI is InChI=1S/C19H30O3/c1-14(2)6-5-7-15(3)12-13-22-19(21)18(20)17-10-8-16(4)9-11-17/h6,12,16-17H,5,7-11,13H2,1-4H3. The van der Waals surface area contributed by atoms with E-state index in [2.05, 4.69) is 26.8 Å². The summed E-state index contributed by atoms with van der Waals surface area (Å²) in [6.07, 6.45) is 9.76. The molecule has 0 amide bonds. The molecule has 124 valence electrons. The summed E-state index contributed by atoms with van der Waals surface area (Å²) >= 11 is 0. The monoisotopic (exact) mass is 306 g/mol. The number of carbonyl (C=O) groups is 2. The minimum atomic E-state index is -0.659. The molecule has 0 N–H and O–H groups in total. The van der Waals surface area contributed by atoms with E-state index in [1.54, 1.807) is 0 Å². The molecule has 1 aliphatic carbocycles. The van der Waals surface area contributed by atoms with Gasteiger partial charge in [0.15, 0.2) is 0 Å². The molecule has 1 fully saturated rings. The molecule has 0 radical (unpaired) electrons. The summed E-state index contributed by atoms with van der Waals surface area (Å²) in [5, 5.41) is 0. The molecular weight excluding hydrogens is 276 g/mol. The van der Waals surface area contributed by atoms with Gasteiger partial charge < -0.3 is 4.74 Å². The number of rotatable bonds is 7. The highest BCUT2D eigenvalue weighted by Crippen LogP contribution is 2.29. The van der Waals surface area contributed by atoms with Crippen LogP contribution in [0.2, 0.25) is 0 Å². The molecule has 0 aromatic rings. The Balaban J connectivity index is 2.30. The van der Waals surface area contributed by atoms with Crippen molar-refractivity contribution in [2.24, 2.45) is 11.8 Å². The summed E-state index contributed by atoms with van der Waals surface area (Å²) in [6, 6.07) is 0. The molecule has 0 aromatic carbocycles. The Kier molecular flexibility index (Phi) is 8.15. The third kappa shape index (κ3) is 7.06. The second-order valence-corrected chi connectivity index (χ2v) is 6.79. The van der Waals surface area contributed by atoms with E-state index in [9.17, 15) is 9.59 Å². The van der Waals surface area contributed by atoms with E-state index < -0.39 is 5.97 Å². The van der Waals surface area contributed by atoms with Crippen LogP contribution >= 0.6 is 0 Å². The van der Waals surface area contributed by atoms with Gasteiger partial charge in [-0.15, -0.1) is 0 Å². The fourth-order valence-corrected chi connectivity index (χ4v) is 2.71. The van der Waals surface area contributed by atoms with Crippen LogP contribution in [0.4, 0.5) is 0 Å². The fourth-order valence-electron chi connectivity index (χ4n) is 2.71. The van der Waals surface area contributed by atoms with Gasteiger partial charge in [-0.1, -0.05) is 37.0 Å². The SMILES string of the molecule is CC(C)=CCCC(C)=CCOC(=O)C(=O)C1CCC(C)CC1. The van der Waals surface area contributed by atoms with Crippen LogP contribution in [-0.2, 0) is 14.3 Å². The molecule has 0 spiro atoms. The number of hydrogen-bond acceptors (Lipinski definition) is 3. The smallest absolute Gasteiger partial charge is 0.375 e. The van der Waals surface area contributed by atoms with Crippen LogP contribution in [0.5, 0.6) is 0 Å². The van der Waals surface area contributed by atoms with E-state index in [1.165, 1.54) is 11.1 Å². The summed E-state index contributed by atoms with van der Waals surface area (Å²) in [5.74, 6) is -0.437. The lowest BCUT2D eigenvalue weighted by Gasteiger charge is -2.24. The number of hydrogen-bond donors (Lipinski definition) is 0. The van der Waals surface area contributed by atoms with E-state index in [4.69, 9.17) is 4.74 Å². The van der Waals surface area contributed by atoms with E-state index in [0.717, 1.165) is 38.5 Å². The van der Waals surface area contributed by atoms with Gasteiger partial charge in [-0.3, -0.25) is 4.79 Å². The lowest BCUT2D eigenvalue weighted by atomic mass is 9.81. The quantitative estimate of drug-likeness (QED) is 0.391.